The molecule has 1 fully saturated rings. The number of Topliss-reactive ketones (excluding diaryl/α,β-unsaturated/α-hetero) is 1. The van der Waals surface area contributed by atoms with Crippen LogP contribution in [-0.4, -0.2) is 23.0 Å². The van der Waals surface area contributed by atoms with Crippen LogP contribution in [0.15, 0.2) is 30.3 Å². The van der Waals surface area contributed by atoms with Gasteiger partial charge in [0.05, 0.1) is 0 Å². The first-order valence-electron chi connectivity index (χ1n) is 6.62. The first-order chi connectivity index (χ1) is 9.16. The van der Waals surface area contributed by atoms with Crippen LogP contribution in [0.3, 0.4) is 0 Å². The van der Waals surface area contributed by atoms with E-state index in [0.29, 0.717) is 25.7 Å². The van der Waals surface area contributed by atoms with Crippen molar-refractivity contribution < 1.29 is 19.4 Å². The predicted octanol–water partition coefficient (Wildman–Crippen LogP) is 2.17. The van der Waals surface area contributed by atoms with Gasteiger partial charge in [0.25, 0.3) is 0 Å². The van der Waals surface area contributed by atoms with E-state index in [0.717, 1.165) is 5.56 Å². The van der Waals surface area contributed by atoms with Crippen molar-refractivity contribution in [1.82, 2.24) is 0 Å². The first kappa shape index (κ1) is 13.7. The first-order valence-corrected chi connectivity index (χ1v) is 6.62. The summed E-state index contributed by atoms with van der Waals surface area (Å²) in [5.41, 5.74) is 0.809. The van der Waals surface area contributed by atoms with Crippen molar-refractivity contribution in [2.75, 3.05) is 0 Å². The topological polar surface area (TPSA) is 63.6 Å². The molecule has 4 heteroatoms. The third-order valence-corrected chi connectivity index (χ3v) is 3.31. The zero-order valence-corrected chi connectivity index (χ0v) is 10.7. The predicted molar refractivity (Wildman–Crippen MR) is 69.4 cm³/mol. The second-order valence-electron chi connectivity index (χ2n) is 4.81. The van der Waals surface area contributed by atoms with Gasteiger partial charge in [0.1, 0.15) is 12.2 Å². The Balaban J connectivity index is 2.17. The number of esters is 1. The molecule has 0 spiro atoms. The smallest absolute Gasteiger partial charge is 0.306 e. The fourth-order valence-electron chi connectivity index (χ4n) is 2.21. The van der Waals surface area contributed by atoms with Crippen LogP contribution in [0.1, 0.15) is 43.8 Å². The molecule has 2 rings (SSSR count). The summed E-state index contributed by atoms with van der Waals surface area (Å²) < 4.78 is 5.38. The Bertz CT molecular complexity index is 441. The van der Waals surface area contributed by atoms with E-state index in [1.807, 2.05) is 30.3 Å². The number of ether oxygens (including phenoxy) is 1. The van der Waals surface area contributed by atoms with Crippen LogP contribution in [0.2, 0.25) is 0 Å². The van der Waals surface area contributed by atoms with E-state index in [-0.39, 0.29) is 18.2 Å². The highest BCUT2D eigenvalue weighted by atomic mass is 16.5. The summed E-state index contributed by atoms with van der Waals surface area (Å²) in [5, 5.41) is 9.88. The minimum absolute atomic E-state index is 0.134. The maximum absolute atomic E-state index is 11.7. The lowest BCUT2D eigenvalue weighted by Crippen LogP contribution is -2.26. The summed E-state index contributed by atoms with van der Waals surface area (Å²) in [5.74, 6) is -0.436. The van der Waals surface area contributed by atoms with Crippen molar-refractivity contribution >= 4 is 11.8 Å². The number of hydrogen-bond donors (Lipinski definition) is 1. The van der Waals surface area contributed by atoms with Gasteiger partial charge in [-0.05, 0) is 18.4 Å². The summed E-state index contributed by atoms with van der Waals surface area (Å²) in [4.78, 5) is 23.4. The molecule has 0 amide bonds. The number of rotatable bonds is 1. The van der Waals surface area contributed by atoms with Gasteiger partial charge in [0.2, 0.25) is 0 Å². The zero-order chi connectivity index (χ0) is 13.7. The lowest BCUT2D eigenvalue weighted by atomic mass is 9.97. The normalized spacial score (nSPS) is 25.7. The fourth-order valence-corrected chi connectivity index (χ4v) is 2.21. The van der Waals surface area contributed by atoms with Crippen molar-refractivity contribution in [2.24, 2.45) is 0 Å². The number of carbonyl (C=O) groups excluding carboxylic acids is 2. The summed E-state index contributed by atoms with van der Waals surface area (Å²) >= 11 is 0. The molecule has 0 aromatic heterocycles. The van der Waals surface area contributed by atoms with Crippen LogP contribution in [0.5, 0.6) is 0 Å². The minimum Gasteiger partial charge on any atom is -0.457 e. The second-order valence-corrected chi connectivity index (χ2v) is 4.81. The van der Waals surface area contributed by atoms with Gasteiger partial charge in [0, 0.05) is 19.3 Å². The number of aliphatic hydroxyl groups excluding tert-OH is 1. The summed E-state index contributed by atoms with van der Waals surface area (Å²) in [6.07, 6.45) is 0.429. The molecule has 0 unspecified atom stereocenters. The van der Waals surface area contributed by atoms with E-state index in [4.69, 9.17) is 4.74 Å². The highest BCUT2D eigenvalue weighted by Gasteiger charge is 2.25. The van der Waals surface area contributed by atoms with Crippen molar-refractivity contribution in [3.8, 4) is 0 Å². The van der Waals surface area contributed by atoms with E-state index < -0.39 is 12.2 Å². The van der Waals surface area contributed by atoms with Gasteiger partial charge < -0.3 is 9.84 Å². The van der Waals surface area contributed by atoms with Crippen LogP contribution < -0.4 is 0 Å². The lowest BCUT2D eigenvalue weighted by molar-refractivity contribution is -0.153. The molecule has 1 saturated heterocycles. The molecule has 1 N–H and O–H groups in total. The molecule has 2 atom stereocenters. The largest absolute Gasteiger partial charge is 0.457 e. The van der Waals surface area contributed by atoms with E-state index in [9.17, 15) is 14.7 Å². The molecule has 0 aliphatic carbocycles. The SMILES string of the molecule is O=C1CCCCC(=O)[C@H](O)C[C@H](c2ccccc2)O1. The van der Waals surface area contributed by atoms with Gasteiger partial charge in [-0.3, -0.25) is 9.59 Å². The Morgan fingerprint density at radius 1 is 1.05 bits per heavy atom. The quantitative estimate of drug-likeness (QED) is 0.788. The average molecular weight is 262 g/mol. The Hall–Kier alpha value is -1.68. The highest BCUT2D eigenvalue weighted by Crippen LogP contribution is 2.25. The number of hydrogen-bond acceptors (Lipinski definition) is 4. The standard InChI is InChI=1S/C15H18O4/c16-12-8-4-5-9-15(18)19-14(10-13(12)17)11-6-2-1-3-7-11/h1-3,6-7,13-14,17H,4-5,8-10H2/t13-,14-/m1/s1. The van der Waals surface area contributed by atoms with E-state index in [1.54, 1.807) is 0 Å². The molecule has 1 aliphatic heterocycles. The molecule has 1 heterocycles. The number of carbonyl (C=O) groups is 2. The lowest BCUT2D eigenvalue weighted by Gasteiger charge is -2.22. The van der Waals surface area contributed by atoms with Gasteiger partial charge in [-0.2, -0.15) is 0 Å². The molecule has 1 aromatic carbocycles. The molecule has 102 valence electrons. The third kappa shape index (κ3) is 3.89. The molecule has 4 nitrogen and oxygen atoms in total. The Morgan fingerprint density at radius 3 is 2.47 bits per heavy atom. The molecule has 1 aliphatic rings. The minimum atomic E-state index is -1.06. The van der Waals surface area contributed by atoms with E-state index >= 15 is 0 Å². The summed E-state index contributed by atoms with van der Waals surface area (Å²) in [6.45, 7) is 0. The Kier molecular flexibility index (Phi) is 4.68. The highest BCUT2D eigenvalue weighted by molar-refractivity contribution is 5.83. The van der Waals surface area contributed by atoms with Crippen LogP contribution in [-0.2, 0) is 14.3 Å². The monoisotopic (exact) mass is 262 g/mol. The second kappa shape index (κ2) is 6.48. The van der Waals surface area contributed by atoms with Crippen molar-refractivity contribution in [3.05, 3.63) is 35.9 Å². The van der Waals surface area contributed by atoms with Crippen molar-refractivity contribution in [1.29, 1.82) is 0 Å². The molecule has 0 bridgehead atoms. The van der Waals surface area contributed by atoms with Crippen LogP contribution in [0.4, 0.5) is 0 Å². The Labute approximate surface area is 112 Å². The molecule has 19 heavy (non-hydrogen) atoms. The summed E-state index contributed by atoms with van der Waals surface area (Å²) in [7, 11) is 0. The summed E-state index contributed by atoms with van der Waals surface area (Å²) in [6, 6.07) is 9.22. The number of cyclic esters (lactones) is 1. The molecular weight excluding hydrogens is 244 g/mol. The maximum atomic E-state index is 11.7. The van der Waals surface area contributed by atoms with E-state index in [1.165, 1.54) is 0 Å². The van der Waals surface area contributed by atoms with Crippen LogP contribution in [0.25, 0.3) is 0 Å². The van der Waals surface area contributed by atoms with Gasteiger partial charge in [-0.1, -0.05) is 30.3 Å². The average Bonchev–Trinajstić information content (AvgIpc) is 2.43. The number of benzene rings is 1. The van der Waals surface area contributed by atoms with Crippen molar-refractivity contribution in [2.45, 2.75) is 44.3 Å². The van der Waals surface area contributed by atoms with Gasteiger partial charge >= 0.3 is 5.97 Å². The zero-order valence-electron chi connectivity index (χ0n) is 10.7. The molecule has 0 radical (unpaired) electrons. The number of ketones is 1. The number of aliphatic hydroxyl groups is 1. The van der Waals surface area contributed by atoms with Gasteiger partial charge in [0.15, 0.2) is 5.78 Å². The molecule has 0 saturated carbocycles. The van der Waals surface area contributed by atoms with Crippen LogP contribution >= 0.6 is 0 Å². The van der Waals surface area contributed by atoms with Crippen molar-refractivity contribution in [3.63, 3.8) is 0 Å². The van der Waals surface area contributed by atoms with Crippen LogP contribution in [0, 0.1) is 0 Å². The molecule has 1 aromatic rings. The fraction of sp³-hybridized carbons (Fsp3) is 0.467. The third-order valence-electron chi connectivity index (χ3n) is 3.31. The molecular formula is C15H18O4. The van der Waals surface area contributed by atoms with Gasteiger partial charge in [-0.15, -0.1) is 0 Å². The van der Waals surface area contributed by atoms with E-state index in [2.05, 4.69) is 0 Å². The Morgan fingerprint density at radius 2 is 1.74 bits per heavy atom. The maximum Gasteiger partial charge on any atom is 0.306 e. The van der Waals surface area contributed by atoms with Gasteiger partial charge in [-0.25, -0.2) is 0 Å².